The van der Waals surface area contributed by atoms with Gasteiger partial charge in [0.2, 0.25) is 0 Å². The molecular formula is C9H8BrNO. The molecule has 62 valence electrons. The average molecular weight is 226 g/mol. The van der Waals surface area contributed by atoms with Crippen molar-refractivity contribution in [3.05, 3.63) is 27.7 Å². The number of hydrogen-bond acceptors (Lipinski definition) is 2. The monoisotopic (exact) mass is 225 g/mol. The third kappa shape index (κ3) is 1.44. The molecule has 0 bridgehead atoms. The first-order valence-electron chi connectivity index (χ1n) is 3.44. The third-order valence-electron chi connectivity index (χ3n) is 1.62. The van der Waals surface area contributed by atoms with Crippen LogP contribution in [0.4, 0.5) is 0 Å². The zero-order valence-corrected chi connectivity index (χ0v) is 8.47. The van der Waals surface area contributed by atoms with Crippen LogP contribution in [0.25, 0.3) is 0 Å². The predicted octanol–water partition coefficient (Wildman–Crippen LogP) is 2.64. The number of nitrogens with zero attached hydrogens (tertiary/aromatic N) is 1. The van der Waals surface area contributed by atoms with E-state index in [1.165, 1.54) is 0 Å². The second kappa shape index (κ2) is 3.59. The quantitative estimate of drug-likeness (QED) is 0.737. The van der Waals surface area contributed by atoms with Crippen LogP contribution in [0.2, 0.25) is 0 Å². The molecule has 0 aromatic heterocycles. The summed E-state index contributed by atoms with van der Waals surface area (Å²) in [6, 6.07) is 5.70. The van der Waals surface area contributed by atoms with E-state index in [0.29, 0.717) is 5.56 Å². The average Bonchev–Trinajstić information content (AvgIpc) is 2.06. The Morgan fingerprint density at radius 3 is 2.67 bits per heavy atom. The first-order chi connectivity index (χ1) is 5.70. The molecule has 3 heteroatoms. The fourth-order valence-electron chi connectivity index (χ4n) is 0.990. The number of halogens is 1. The fraction of sp³-hybridized carbons (Fsp3) is 0.222. The molecular weight excluding hydrogens is 218 g/mol. The molecule has 1 rings (SSSR count). The molecule has 0 N–H and O–H groups in total. The molecule has 0 saturated heterocycles. The van der Waals surface area contributed by atoms with Gasteiger partial charge in [-0.2, -0.15) is 5.26 Å². The molecule has 0 aliphatic heterocycles. The minimum absolute atomic E-state index is 0.595. The number of hydrogen-bond donors (Lipinski definition) is 0. The van der Waals surface area contributed by atoms with Gasteiger partial charge in [0.15, 0.2) is 0 Å². The third-order valence-corrected chi connectivity index (χ3v) is 2.41. The van der Waals surface area contributed by atoms with E-state index in [9.17, 15) is 0 Å². The maximum atomic E-state index is 8.69. The van der Waals surface area contributed by atoms with Gasteiger partial charge in [-0.15, -0.1) is 0 Å². The lowest BCUT2D eigenvalue weighted by Gasteiger charge is -2.07. The highest BCUT2D eigenvalue weighted by Gasteiger charge is 2.07. The second-order valence-corrected chi connectivity index (χ2v) is 3.18. The van der Waals surface area contributed by atoms with Crippen LogP contribution in [0, 0.1) is 18.3 Å². The van der Waals surface area contributed by atoms with E-state index < -0.39 is 0 Å². The van der Waals surface area contributed by atoms with Crippen LogP contribution in [-0.2, 0) is 0 Å². The van der Waals surface area contributed by atoms with Gasteiger partial charge < -0.3 is 4.74 Å². The van der Waals surface area contributed by atoms with Crippen molar-refractivity contribution >= 4 is 15.9 Å². The van der Waals surface area contributed by atoms with Crippen LogP contribution in [0.3, 0.4) is 0 Å². The molecule has 0 fully saturated rings. The number of methoxy groups -OCH3 is 1. The summed E-state index contributed by atoms with van der Waals surface area (Å²) in [7, 11) is 1.59. The van der Waals surface area contributed by atoms with Crippen LogP contribution in [0.5, 0.6) is 5.75 Å². The van der Waals surface area contributed by atoms with E-state index in [-0.39, 0.29) is 0 Å². The number of aryl methyl sites for hydroxylation is 1. The summed E-state index contributed by atoms with van der Waals surface area (Å²) >= 11 is 3.30. The maximum Gasteiger partial charge on any atom is 0.137 e. The van der Waals surface area contributed by atoms with Crippen molar-refractivity contribution in [2.24, 2.45) is 0 Å². The van der Waals surface area contributed by atoms with Gasteiger partial charge in [0.25, 0.3) is 0 Å². The van der Waals surface area contributed by atoms with Crippen LogP contribution < -0.4 is 4.74 Å². The van der Waals surface area contributed by atoms with Gasteiger partial charge in [0, 0.05) is 0 Å². The lowest BCUT2D eigenvalue weighted by atomic mass is 10.1. The Morgan fingerprint density at radius 1 is 1.50 bits per heavy atom. The van der Waals surface area contributed by atoms with Crippen molar-refractivity contribution in [3.63, 3.8) is 0 Å². The van der Waals surface area contributed by atoms with Crippen molar-refractivity contribution in [2.45, 2.75) is 6.92 Å². The van der Waals surface area contributed by atoms with Gasteiger partial charge in [-0.25, -0.2) is 0 Å². The van der Waals surface area contributed by atoms with Crippen LogP contribution in [-0.4, -0.2) is 7.11 Å². The van der Waals surface area contributed by atoms with E-state index >= 15 is 0 Å². The molecule has 0 spiro atoms. The minimum atomic E-state index is 0.595. The molecule has 0 unspecified atom stereocenters. The Labute approximate surface area is 79.9 Å². The highest BCUT2D eigenvalue weighted by atomic mass is 79.9. The Balaban J connectivity index is 3.36. The molecule has 0 radical (unpaired) electrons. The summed E-state index contributed by atoms with van der Waals surface area (Å²) in [6.07, 6.45) is 0. The first-order valence-corrected chi connectivity index (χ1v) is 4.23. The molecule has 0 heterocycles. The Bertz CT molecular complexity index is 341. The largest absolute Gasteiger partial charge is 0.495 e. The smallest absolute Gasteiger partial charge is 0.137 e. The number of rotatable bonds is 1. The van der Waals surface area contributed by atoms with Gasteiger partial charge in [0.05, 0.1) is 17.1 Å². The highest BCUT2D eigenvalue weighted by Crippen LogP contribution is 2.31. The summed E-state index contributed by atoms with van der Waals surface area (Å²) in [4.78, 5) is 0. The molecule has 0 atom stereocenters. The molecule has 0 aliphatic rings. The van der Waals surface area contributed by atoms with Gasteiger partial charge >= 0.3 is 0 Å². The van der Waals surface area contributed by atoms with Crippen LogP contribution in [0.1, 0.15) is 11.1 Å². The zero-order valence-electron chi connectivity index (χ0n) is 6.89. The Morgan fingerprint density at radius 2 is 2.17 bits per heavy atom. The van der Waals surface area contributed by atoms with Gasteiger partial charge in [-0.3, -0.25) is 0 Å². The van der Waals surface area contributed by atoms with E-state index in [2.05, 4.69) is 22.0 Å². The van der Waals surface area contributed by atoms with Gasteiger partial charge in [0.1, 0.15) is 11.8 Å². The molecule has 12 heavy (non-hydrogen) atoms. The summed E-state index contributed by atoms with van der Waals surface area (Å²) < 4.78 is 5.85. The summed E-state index contributed by atoms with van der Waals surface area (Å²) in [6.45, 7) is 1.94. The van der Waals surface area contributed by atoms with Crippen molar-refractivity contribution < 1.29 is 4.74 Å². The van der Waals surface area contributed by atoms with Gasteiger partial charge in [-0.05, 0) is 34.5 Å². The van der Waals surface area contributed by atoms with E-state index in [0.717, 1.165) is 15.8 Å². The number of nitriles is 1. The highest BCUT2D eigenvalue weighted by molar-refractivity contribution is 9.10. The van der Waals surface area contributed by atoms with Crippen molar-refractivity contribution in [1.82, 2.24) is 0 Å². The van der Waals surface area contributed by atoms with E-state index in [1.54, 1.807) is 13.2 Å². The fourth-order valence-corrected chi connectivity index (χ4v) is 1.68. The molecule has 2 nitrogen and oxygen atoms in total. The minimum Gasteiger partial charge on any atom is -0.495 e. The lowest BCUT2D eigenvalue weighted by Crippen LogP contribution is -1.90. The van der Waals surface area contributed by atoms with Crippen molar-refractivity contribution in [1.29, 1.82) is 5.26 Å². The lowest BCUT2D eigenvalue weighted by molar-refractivity contribution is 0.409. The Kier molecular flexibility index (Phi) is 2.72. The second-order valence-electron chi connectivity index (χ2n) is 2.39. The SMILES string of the molecule is COc1c(C)ccc(C#N)c1Br. The van der Waals surface area contributed by atoms with Crippen LogP contribution >= 0.6 is 15.9 Å². The van der Waals surface area contributed by atoms with E-state index in [4.69, 9.17) is 10.00 Å². The van der Waals surface area contributed by atoms with Crippen molar-refractivity contribution in [3.8, 4) is 11.8 Å². The molecule has 0 amide bonds. The number of ether oxygens (including phenoxy) is 1. The van der Waals surface area contributed by atoms with Crippen LogP contribution in [0.15, 0.2) is 16.6 Å². The molecule has 0 saturated carbocycles. The molecule has 1 aromatic carbocycles. The molecule has 1 aromatic rings. The Hall–Kier alpha value is -1.01. The maximum absolute atomic E-state index is 8.69. The van der Waals surface area contributed by atoms with Crippen molar-refractivity contribution in [2.75, 3.05) is 7.11 Å². The predicted molar refractivity (Wildman–Crippen MR) is 50.1 cm³/mol. The normalized spacial score (nSPS) is 9.17. The topological polar surface area (TPSA) is 33.0 Å². The zero-order chi connectivity index (χ0) is 9.14. The first kappa shape index (κ1) is 9.08. The standard InChI is InChI=1S/C9H8BrNO/c1-6-3-4-7(5-11)8(10)9(6)12-2/h3-4H,1-2H3. The molecule has 0 aliphatic carbocycles. The number of benzene rings is 1. The van der Waals surface area contributed by atoms with E-state index in [1.807, 2.05) is 13.0 Å². The summed E-state index contributed by atoms with van der Waals surface area (Å²) in [5.41, 5.74) is 1.61. The van der Waals surface area contributed by atoms with Gasteiger partial charge in [-0.1, -0.05) is 6.07 Å². The summed E-state index contributed by atoms with van der Waals surface area (Å²) in [5, 5.41) is 8.69. The summed E-state index contributed by atoms with van der Waals surface area (Å²) in [5.74, 6) is 0.731.